The highest BCUT2D eigenvalue weighted by Crippen LogP contribution is 2.33. The van der Waals surface area contributed by atoms with E-state index in [-0.39, 0.29) is 0 Å². The predicted octanol–water partition coefficient (Wildman–Crippen LogP) is 2.62. The molecule has 0 amide bonds. The first-order chi connectivity index (χ1) is 10.3. The number of ether oxygens (including phenoxy) is 2. The maximum absolute atomic E-state index is 5.70. The monoisotopic (exact) mass is 290 g/mol. The lowest BCUT2D eigenvalue weighted by atomic mass is 10.0. The summed E-state index contributed by atoms with van der Waals surface area (Å²) in [5.74, 6) is 1.61. The first-order valence-electron chi connectivity index (χ1n) is 7.66. The van der Waals surface area contributed by atoms with Crippen LogP contribution in [0.4, 0.5) is 0 Å². The van der Waals surface area contributed by atoms with Crippen LogP contribution in [-0.4, -0.2) is 44.8 Å². The van der Waals surface area contributed by atoms with Gasteiger partial charge in [0.1, 0.15) is 0 Å². The van der Waals surface area contributed by atoms with Gasteiger partial charge in [-0.25, -0.2) is 0 Å². The summed E-state index contributed by atoms with van der Waals surface area (Å²) >= 11 is 0. The van der Waals surface area contributed by atoms with Gasteiger partial charge in [-0.1, -0.05) is 12.1 Å². The Kier molecular flexibility index (Phi) is 6.08. The van der Waals surface area contributed by atoms with Gasteiger partial charge in [-0.15, -0.1) is 6.58 Å². The minimum Gasteiger partial charge on any atom is -0.493 e. The average Bonchev–Trinajstić information content (AvgIpc) is 2.54. The number of hydrogen-bond donors (Lipinski definition) is 1. The van der Waals surface area contributed by atoms with Crippen LogP contribution in [0.1, 0.15) is 24.9 Å². The summed E-state index contributed by atoms with van der Waals surface area (Å²) in [7, 11) is 1.68. The van der Waals surface area contributed by atoms with Gasteiger partial charge in [-0.3, -0.25) is 4.90 Å². The minimum atomic E-state index is 0.356. The average molecular weight is 290 g/mol. The molecule has 0 spiro atoms. The van der Waals surface area contributed by atoms with E-state index in [2.05, 4.69) is 28.9 Å². The van der Waals surface area contributed by atoms with Crippen LogP contribution in [0.25, 0.3) is 0 Å². The van der Waals surface area contributed by atoms with E-state index in [4.69, 9.17) is 9.47 Å². The maximum Gasteiger partial charge on any atom is 0.161 e. The number of piperazine rings is 1. The Morgan fingerprint density at radius 2 is 2.10 bits per heavy atom. The van der Waals surface area contributed by atoms with Gasteiger partial charge in [-0.05, 0) is 31.0 Å². The third-order valence-electron chi connectivity index (χ3n) is 3.85. The standard InChI is InChI=1S/C17H26N2O2/c1-4-6-15(19-11-9-18-10-12-19)14-7-8-16(20-3)17(13-14)21-5-2/h4,7-8,13,15,18H,1,5-6,9-12H2,2-3H3/t15-/m0/s1. The molecule has 0 aromatic heterocycles. The van der Waals surface area contributed by atoms with Crippen LogP contribution in [0.5, 0.6) is 11.5 Å². The molecule has 1 atom stereocenters. The van der Waals surface area contributed by atoms with E-state index in [1.54, 1.807) is 7.11 Å². The van der Waals surface area contributed by atoms with Gasteiger partial charge in [0, 0.05) is 32.2 Å². The van der Waals surface area contributed by atoms with Crippen molar-refractivity contribution in [2.45, 2.75) is 19.4 Å². The Morgan fingerprint density at radius 3 is 2.71 bits per heavy atom. The second-order valence-electron chi connectivity index (χ2n) is 5.17. The summed E-state index contributed by atoms with van der Waals surface area (Å²) in [5.41, 5.74) is 1.26. The molecular formula is C17H26N2O2. The van der Waals surface area contributed by atoms with Crippen molar-refractivity contribution in [3.63, 3.8) is 0 Å². The van der Waals surface area contributed by atoms with E-state index < -0.39 is 0 Å². The molecule has 1 fully saturated rings. The topological polar surface area (TPSA) is 33.7 Å². The highest BCUT2D eigenvalue weighted by atomic mass is 16.5. The van der Waals surface area contributed by atoms with Crippen LogP contribution in [-0.2, 0) is 0 Å². The molecule has 21 heavy (non-hydrogen) atoms. The zero-order chi connectivity index (χ0) is 15.1. The van der Waals surface area contributed by atoms with Crippen LogP contribution in [0.15, 0.2) is 30.9 Å². The first kappa shape index (κ1) is 15.9. The Balaban J connectivity index is 2.26. The lowest BCUT2D eigenvalue weighted by Gasteiger charge is -2.35. The van der Waals surface area contributed by atoms with Gasteiger partial charge in [0.2, 0.25) is 0 Å². The third kappa shape index (κ3) is 3.99. The SMILES string of the molecule is C=CC[C@@H](c1ccc(OC)c(OCC)c1)N1CCNCC1. The first-order valence-corrected chi connectivity index (χ1v) is 7.66. The molecule has 0 bridgehead atoms. The van der Waals surface area contributed by atoms with Crippen LogP contribution >= 0.6 is 0 Å². The lowest BCUT2D eigenvalue weighted by molar-refractivity contribution is 0.174. The minimum absolute atomic E-state index is 0.356. The number of rotatable bonds is 7. The maximum atomic E-state index is 5.70. The third-order valence-corrected chi connectivity index (χ3v) is 3.85. The summed E-state index contributed by atoms with van der Waals surface area (Å²) in [4.78, 5) is 2.51. The molecule has 0 saturated carbocycles. The number of benzene rings is 1. The van der Waals surface area contributed by atoms with Crippen molar-refractivity contribution in [1.29, 1.82) is 0 Å². The second kappa shape index (κ2) is 8.05. The van der Waals surface area contributed by atoms with Gasteiger partial charge >= 0.3 is 0 Å². The molecule has 0 aliphatic carbocycles. The molecule has 116 valence electrons. The second-order valence-corrected chi connectivity index (χ2v) is 5.17. The summed E-state index contributed by atoms with van der Waals surface area (Å²) in [5, 5.41) is 3.40. The van der Waals surface area contributed by atoms with Crippen molar-refractivity contribution in [3.05, 3.63) is 36.4 Å². The molecule has 1 aliphatic heterocycles. The van der Waals surface area contributed by atoms with Gasteiger partial charge in [0.15, 0.2) is 11.5 Å². The van der Waals surface area contributed by atoms with Crippen LogP contribution < -0.4 is 14.8 Å². The van der Waals surface area contributed by atoms with Crippen LogP contribution in [0, 0.1) is 0 Å². The van der Waals surface area contributed by atoms with E-state index in [1.807, 2.05) is 19.1 Å². The lowest BCUT2D eigenvalue weighted by Crippen LogP contribution is -2.45. The predicted molar refractivity (Wildman–Crippen MR) is 86.2 cm³/mol. The van der Waals surface area contributed by atoms with Crippen LogP contribution in [0.3, 0.4) is 0 Å². The molecule has 0 radical (unpaired) electrons. The highest BCUT2D eigenvalue weighted by molar-refractivity contribution is 5.44. The van der Waals surface area contributed by atoms with Gasteiger partial charge < -0.3 is 14.8 Å². The van der Waals surface area contributed by atoms with Crippen molar-refractivity contribution in [1.82, 2.24) is 10.2 Å². The molecule has 2 rings (SSSR count). The quantitative estimate of drug-likeness (QED) is 0.783. The van der Waals surface area contributed by atoms with Crippen molar-refractivity contribution in [3.8, 4) is 11.5 Å². The molecule has 0 unspecified atom stereocenters. The van der Waals surface area contributed by atoms with E-state index in [1.165, 1.54) is 5.56 Å². The molecule has 4 heteroatoms. The molecule has 1 saturated heterocycles. The molecule has 1 heterocycles. The van der Waals surface area contributed by atoms with E-state index in [0.29, 0.717) is 12.6 Å². The number of methoxy groups -OCH3 is 1. The molecule has 1 aromatic carbocycles. The molecule has 1 N–H and O–H groups in total. The fourth-order valence-electron chi connectivity index (χ4n) is 2.82. The molecular weight excluding hydrogens is 264 g/mol. The van der Waals surface area contributed by atoms with Crippen molar-refractivity contribution >= 4 is 0 Å². The van der Waals surface area contributed by atoms with Crippen LogP contribution in [0.2, 0.25) is 0 Å². The Labute approximate surface area is 127 Å². The summed E-state index contributed by atoms with van der Waals surface area (Å²) in [6.45, 7) is 10.8. The fourth-order valence-corrected chi connectivity index (χ4v) is 2.82. The molecule has 1 aromatic rings. The van der Waals surface area contributed by atoms with Gasteiger partial charge in [-0.2, -0.15) is 0 Å². The smallest absolute Gasteiger partial charge is 0.161 e. The van der Waals surface area contributed by atoms with Gasteiger partial charge in [0.05, 0.1) is 13.7 Å². The number of hydrogen-bond acceptors (Lipinski definition) is 4. The van der Waals surface area contributed by atoms with E-state index in [9.17, 15) is 0 Å². The van der Waals surface area contributed by atoms with E-state index in [0.717, 1.165) is 44.1 Å². The number of nitrogens with one attached hydrogen (secondary N) is 1. The van der Waals surface area contributed by atoms with Crippen molar-refractivity contribution in [2.24, 2.45) is 0 Å². The fraction of sp³-hybridized carbons (Fsp3) is 0.529. The Bertz CT molecular complexity index is 456. The normalized spacial score (nSPS) is 17.2. The zero-order valence-electron chi connectivity index (χ0n) is 13.1. The summed E-state index contributed by atoms with van der Waals surface area (Å²) in [6, 6.07) is 6.60. The van der Waals surface area contributed by atoms with Crippen molar-refractivity contribution in [2.75, 3.05) is 39.9 Å². The summed E-state index contributed by atoms with van der Waals surface area (Å²) < 4.78 is 11.1. The number of nitrogens with zero attached hydrogens (tertiary/aromatic N) is 1. The molecule has 1 aliphatic rings. The van der Waals surface area contributed by atoms with Gasteiger partial charge in [0.25, 0.3) is 0 Å². The largest absolute Gasteiger partial charge is 0.493 e. The zero-order valence-corrected chi connectivity index (χ0v) is 13.1. The highest BCUT2D eigenvalue weighted by Gasteiger charge is 2.22. The van der Waals surface area contributed by atoms with Crippen molar-refractivity contribution < 1.29 is 9.47 Å². The van der Waals surface area contributed by atoms with E-state index >= 15 is 0 Å². The Hall–Kier alpha value is -1.52. The Morgan fingerprint density at radius 1 is 1.33 bits per heavy atom. The summed E-state index contributed by atoms with van der Waals surface area (Å²) in [6.07, 6.45) is 2.94. The molecule has 4 nitrogen and oxygen atoms in total.